The van der Waals surface area contributed by atoms with Gasteiger partial charge >= 0.3 is 0 Å². The molecule has 4 heterocycles. The molecule has 1 N–H and O–H groups in total. The van der Waals surface area contributed by atoms with Gasteiger partial charge in [-0.05, 0) is 42.5 Å². The third-order valence-corrected chi connectivity index (χ3v) is 4.26. The quantitative estimate of drug-likeness (QED) is 0.459. The number of hydrogen-bond donors (Lipinski definition) is 1. The number of benzene rings is 1. The van der Waals surface area contributed by atoms with Crippen molar-refractivity contribution in [1.29, 1.82) is 0 Å². The minimum absolute atomic E-state index is 0.388. The van der Waals surface area contributed by atoms with E-state index in [0.29, 0.717) is 33.5 Å². The van der Waals surface area contributed by atoms with Gasteiger partial charge in [-0.25, -0.2) is 24.5 Å². The molecule has 5 rings (SSSR count). The molecule has 9 heteroatoms. The molecular weight excluding hydrogens is 378 g/mol. The number of hydrogen-bond acceptors (Lipinski definition) is 7. The summed E-state index contributed by atoms with van der Waals surface area (Å²) in [6.45, 7) is 0. The maximum absolute atomic E-state index is 6.00. The van der Waals surface area contributed by atoms with Crippen molar-refractivity contribution < 1.29 is 4.74 Å². The van der Waals surface area contributed by atoms with E-state index in [1.165, 1.54) is 12.7 Å². The summed E-state index contributed by atoms with van der Waals surface area (Å²) in [5, 5.41) is 7.69. The highest BCUT2D eigenvalue weighted by Gasteiger charge is 2.07. The summed E-state index contributed by atoms with van der Waals surface area (Å²) in [6.07, 6.45) is 4.78. The van der Waals surface area contributed by atoms with Gasteiger partial charge in [0.15, 0.2) is 11.5 Å². The highest BCUT2D eigenvalue weighted by Crippen LogP contribution is 2.26. The van der Waals surface area contributed by atoms with Gasteiger partial charge in [0.25, 0.3) is 0 Å². The van der Waals surface area contributed by atoms with E-state index in [0.717, 1.165) is 11.3 Å². The molecule has 0 aliphatic rings. The Morgan fingerprint density at radius 3 is 2.68 bits per heavy atom. The number of fused-ring (bicyclic) bond motifs is 2. The van der Waals surface area contributed by atoms with Gasteiger partial charge in [0.2, 0.25) is 0 Å². The van der Waals surface area contributed by atoms with Crippen LogP contribution in [0.5, 0.6) is 11.5 Å². The lowest BCUT2D eigenvalue weighted by Gasteiger charge is -2.09. The smallest absolute Gasteiger partial charge is 0.160 e. The number of pyridine rings is 2. The first-order valence-electron chi connectivity index (χ1n) is 8.36. The maximum Gasteiger partial charge on any atom is 0.160 e. The normalized spacial score (nSPS) is 11.0. The summed E-state index contributed by atoms with van der Waals surface area (Å²) in [5.74, 6) is 1.96. The van der Waals surface area contributed by atoms with E-state index in [1.807, 2.05) is 36.4 Å². The molecule has 0 radical (unpaired) electrons. The van der Waals surface area contributed by atoms with Crippen LogP contribution in [0.3, 0.4) is 0 Å². The lowest BCUT2D eigenvalue weighted by atomic mass is 10.3. The molecule has 0 unspecified atom stereocenters. The van der Waals surface area contributed by atoms with E-state index in [1.54, 1.807) is 22.8 Å². The minimum Gasteiger partial charge on any atom is -0.457 e. The minimum atomic E-state index is 0.388. The predicted octanol–water partition coefficient (Wildman–Crippen LogP) is 4.26. The Hall–Kier alpha value is -3.78. The Morgan fingerprint density at radius 1 is 0.893 bits per heavy atom. The van der Waals surface area contributed by atoms with E-state index in [4.69, 9.17) is 16.3 Å². The number of halogens is 1. The molecule has 0 saturated carbocycles. The predicted molar refractivity (Wildman–Crippen MR) is 105 cm³/mol. The van der Waals surface area contributed by atoms with Crippen LogP contribution < -0.4 is 10.1 Å². The highest BCUT2D eigenvalue weighted by atomic mass is 35.5. The Kier molecular flexibility index (Phi) is 3.95. The maximum atomic E-state index is 6.00. The van der Waals surface area contributed by atoms with Gasteiger partial charge < -0.3 is 10.1 Å². The van der Waals surface area contributed by atoms with Gasteiger partial charge in [-0.1, -0.05) is 11.6 Å². The van der Waals surface area contributed by atoms with Crippen LogP contribution in [0.1, 0.15) is 0 Å². The second kappa shape index (κ2) is 6.75. The van der Waals surface area contributed by atoms with E-state index in [9.17, 15) is 0 Å². The Bertz CT molecular complexity index is 1290. The van der Waals surface area contributed by atoms with Crippen molar-refractivity contribution in [2.75, 3.05) is 5.32 Å². The van der Waals surface area contributed by atoms with Gasteiger partial charge in [-0.3, -0.25) is 0 Å². The van der Waals surface area contributed by atoms with Gasteiger partial charge in [0.1, 0.15) is 34.8 Å². The average molecular weight is 390 g/mol. The first kappa shape index (κ1) is 16.4. The van der Waals surface area contributed by atoms with Crippen molar-refractivity contribution >= 4 is 39.8 Å². The summed E-state index contributed by atoms with van der Waals surface area (Å²) in [6, 6.07) is 14.7. The van der Waals surface area contributed by atoms with Crippen LogP contribution in [0.15, 0.2) is 67.4 Å². The molecule has 0 amide bonds. The van der Waals surface area contributed by atoms with Crippen LogP contribution in [0.25, 0.3) is 16.7 Å². The number of nitrogens with zero attached hydrogens (tertiary/aromatic N) is 6. The van der Waals surface area contributed by atoms with Crippen molar-refractivity contribution in [3.8, 4) is 11.5 Å². The molecule has 0 bridgehead atoms. The molecule has 0 aliphatic carbocycles. The third kappa shape index (κ3) is 3.17. The van der Waals surface area contributed by atoms with Crippen molar-refractivity contribution in [1.82, 2.24) is 29.5 Å². The highest BCUT2D eigenvalue weighted by molar-refractivity contribution is 6.29. The number of anilines is 2. The molecule has 1 aromatic carbocycles. The largest absolute Gasteiger partial charge is 0.457 e. The molecule has 136 valence electrons. The third-order valence-electron chi connectivity index (χ3n) is 4.05. The Morgan fingerprint density at radius 2 is 1.79 bits per heavy atom. The van der Waals surface area contributed by atoms with Gasteiger partial charge in [-0.2, -0.15) is 5.10 Å². The van der Waals surface area contributed by atoms with Crippen molar-refractivity contribution in [2.24, 2.45) is 0 Å². The average Bonchev–Trinajstić information content (AvgIpc) is 3.18. The monoisotopic (exact) mass is 389 g/mol. The Labute approximate surface area is 163 Å². The van der Waals surface area contributed by atoms with Gasteiger partial charge in [-0.15, -0.1) is 0 Å². The lowest BCUT2D eigenvalue weighted by molar-refractivity contribution is 0.482. The van der Waals surface area contributed by atoms with Crippen LogP contribution >= 0.6 is 11.6 Å². The summed E-state index contributed by atoms with van der Waals surface area (Å²) >= 11 is 6.00. The molecular formula is C19H12ClN7O. The summed E-state index contributed by atoms with van der Waals surface area (Å²) in [5.41, 5.74) is 2.88. The van der Waals surface area contributed by atoms with Crippen LogP contribution in [0.4, 0.5) is 11.5 Å². The van der Waals surface area contributed by atoms with E-state index in [-0.39, 0.29) is 0 Å². The van der Waals surface area contributed by atoms with E-state index in [2.05, 4.69) is 30.4 Å². The molecule has 5 aromatic rings. The zero-order valence-corrected chi connectivity index (χ0v) is 15.1. The number of aromatic nitrogens is 6. The van der Waals surface area contributed by atoms with Crippen LogP contribution in [0, 0.1) is 0 Å². The molecule has 8 nitrogen and oxygen atoms in total. The standard InChI is InChI=1S/C19H12ClN7O/c20-16-6-5-15-18(26-16)19(23-10-21-15)25-12-1-3-13(4-2-12)28-14-7-8-27-17(9-14)22-11-24-27/h1-11H,(H,21,23,25). The first-order chi connectivity index (χ1) is 13.7. The zero-order chi connectivity index (χ0) is 18.9. The van der Waals surface area contributed by atoms with Crippen LogP contribution in [-0.4, -0.2) is 29.5 Å². The summed E-state index contributed by atoms with van der Waals surface area (Å²) in [4.78, 5) is 16.9. The van der Waals surface area contributed by atoms with Crippen molar-refractivity contribution in [2.45, 2.75) is 0 Å². The SMILES string of the molecule is Clc1ccc2ncnc(Nc3ccc(Oc4ccn5ncnc5c4)cc3)c2n1. The van der Waals surface area contributed by atoms with Crippen LogP contribution in [0.2, 0.25) is 5.15 Å². The fraction of sp³-hybridized carbons (Fsp3) is 0. The fourth-order valence-corrected chi connectivity index (χ4v) is 2.89. The molecule has 0 saturated heterocycles. The summed E-state index contributed by atoms with van der Waals surface area (Å²) in [7, 11) is 0. The van der Waals surface area contributed by atoms with Crippen molar-refractivity contribution in [3.05, 3.63) is 72.5 Å². The number of rotatable bonds is 4. The lowest BCUT2D eigenvalue weighted by Crippen LogP contribution is -1.97. The Balaban J connectivity index is 1.37. The van der Waals surface area contributed by atoms with Gasteiger partial charge in [0.05, 0.1) is 5.52 Å². The zero-order valence-electron chi connectivity index (χ0n) is 14.3. The van der Waals surface area contributed by atoms with Crippen molar-refractivity contribution in [3.63, 3.8) is 0 Å². The number of ether oxygens (including phenoxy) is 1. The molecule has 0 fully saturated rings. The second-order valence-corrected chi connectivity index (χ2v) is 6.29. The fourth-order valence-electron chi connectivity index (χ4n) is 2.75. The molecule has 28 heavy (non-hydrogen) atoms. The second-order valence-electron chi connectivity index (χ2n) is 5.90. The molecule has 4 aromatic heterocycles. The topological polar surface area (TPSA) is 90.1 Å². The number of nitrogens with one attached hydrogen (secondary N) is 1. The summed E-state index contributed by atoms with van der Waals surface area (Å²) < 4.78 is 7.56. The molecule has 0 atom stereocenters. The van der Waals surface area contributed by atoms with Gasteiger partial charge in [0, 0.05) is 18.0 Å². The van der Waals surface area contributed by atoms with E-state index < -0.39 is 0 Å². The van der Waals surface area contributed by atoms with E-state index >= 15 is 0 Å². The first-order valence-corrected chi connectivity index (χ1v) is 8.74. The van der Waals surface area contributed by atoms with Crippen LogP contribution in [-0.2, 0) is 0 Å². The molecule has 0 spiro atoms. The molecule has 0 aliphatic heterocycles.